The van der Waals surface area contributed by atoms with Gasteiger partial charge < -0.3 is 4.74 Å². The average molecular weight is 226 g/mol. The molecule has 1 N–H and O–H groups in total. The monoisotopic (exact) mass is 226 g/mol. The van der Waals surface area contributed by atoms with Gasteiger partial charge in [0.25, 0.3) is 0 Å². The minimum Gasteiger partial charge on any atom is -0.352 e. The van der Waals surface area contributed by atoms with Crippen molar-refractivity contribution in [1.82, 2.24) is 10.2 Å². The van der Waals surface area contributed by atoms with E-state index in [2.05, 4.69) is 37.9 Å². The lowest BCUT2D eigenvalue weighted by Gasteiger charge is -2.44. The van der Waals surface area contributed by atoms with Gasteiger partial charge in [0.15, 0.2) is 0 Å². The molecule has 0 aromatic carbocycles. The molecule has 0 bridgehead atoms. The molecule has 0 radical (unpaired) electrons. The highest BCUT2D eigenvalue weighted by Crippen LogP contribution is 2.34. The zero-order valence-corrected chi connectivity index (χ0v) is 11.2. The van der Waals surface area contributed by atoms with Crippen LogP contribution in [0.2, 0.25) is 0 Å². The standard InChI is InChI=1S/C13H26N2O/c1-5-15-9-7-6-8-11(15)13(4)14-10-12(2,3)16-13/h11,14H,5-10H2,1-4H3. The average Bonchev–Trinajstić information content (AvgIpc) is 2.54. The Morgan fingerprint density at radius 1 is 1.31 bits per heavy atom. The normalized spacial score (nSPS) is 40.1. The molecule has 16 heavy (non-hydrogen) atoms. The summed E-state index contributed by atoms with van der Waals surface area (Å²) in [5, 5.41) is 3.59. The number of piperidine rings is 1. The molecule has 2 atom stereocenters. The summed E-state index contributed by atoms with van der Waals surface area (Å²) in [4.78, 5) is 2.57. The molecule has 2 aliphatic heterocycles. The van der Waals surface area contributed by atoms with Crippen LogP contribution in [0.5, 0.6) is 0 Å². The van der Waals surface area contributed by atoms with E-state index in [4.69, 9.17) is 4.74 Å². The third-order valence-electron chi connectivity index (χ3n) is 4.01. The summed E-state index contributed by atoms with van der Waals surface area (Å²) >= 11 is 0. The lowest BCUT2D eigenvalue weighted by Crippen LogP contribution is -2.58. The van der Waals surface area contributed by atoms with Crippen molar-refractivity contribution in [3.63, 3.8) is 0 Å². The van der Waals surface area contributed by atoms with E-state index in [1.165, 1.54) is 25.8 Å². The summed E-state index contributed by atoms with van der Waals surface area (Å²) < 4.78 is 6.26. The second-order valence-corrected chi connectivity index (χ2v) is 5.96. The Morgan fingerprint density at radius 2 is 2.06 bits per heavy atom. The molecular formula is C13H26N2O. The van der Waals surface area contributed by atoms with Gasteiger partial charge in [0.2, 0.25) is 0 Å². The Balaban J connectivity index is 2.10. The van der Waals surface area contributed by atoms with Crippen molar-refractivity contribution in [2.45, 2.75) is 64.3 Å². The number of likely N-dealkylation sites (N-methyl/N-ethyl adjacent to an activating group) is 1. The van der Waals surface area contributed by atoms with Gasteiger partial charge in [-0.05, 0) is 46.7 Å². The highest BCUT2D eigenvalue weighted by Gasteiger charge is 2.47. The molecule has 0 aromatic heterocycles. The Bertz CT molecular complexity index is 254. The van der Waals surface area contributed by atoms with Crippen molar-refractivity contribution in [3.8, 4) is 0 Å². The lowest BCUT2D eigenvalue weighted by molar-refractivity contribution is -0.130. The molecular weight excluding hydrogens is 200 g/mol. The van der Waals surface area contributed by atoms with E-state index in [0.29, 0.717) is 6.04 Å². The summed E-state index contributed by atoms with van der Waals surface area (Å²) in [6, 6.07) is 0.535. The van der Waals surface area contributed by atoms with Crippen molar-refractivity contribution >= 4 is 0 Å². The summed E-state index contributed by atoms with van der Waals surface area (Å²) in [7, 11) is 0. The molecule has 3 heteroatoms. The first-order valence-electron chi connectivity index (χ1n) is 6.66. The number of ether oxygens (including phenoxy) is 1. The van der Waals surface area contributed by atoms with Gasteiger partial charge in [-0.2, -0.15) is 0 Å². The number of hydrogen-bond acceptors (Lipinski definition) is 3. The Morgan fingerprint density at radius 3 is 2.62 bits per heavy atom. The third kappa shape index (κ3) is 2.27. The van der Waals surface area contributed by atoms with Crippen LogP contribution in [-0.4, -0.2) is 41.9 Å². The zero-order valence-electron chi connectivity index (χ0n) is 11.2. The molecule has 2 unspecified atom stereocenters. The van der Waals surface area contributed by atoms with Crippen LogP contribution in [-0.2, 0) is 4.74 Å². The van der Waals surface area contributed by atoms with Crippen LogP contribution in [0.15, 0.2) is 0 Å². The lowest BCUT2D eigenvalue weighted by atomic mass is 9.94. The van der Waals surface area contributed by atoms with Crippen molar-refractivity contribution < 1.29 is 4.74 Å². The predicted molar refractivity (Wildman–Crippen MR) is 66.5 cm³/mol. The number of rotatable bonds is 2. The second kappa shape index (κ2) is 4.28. The second-order valence-electron chi connectivity index (χ2n) is 5.96. The van der Waals surface area contributed by atoms with Crippen molar-refractivity contribution in [3.05, 3.63) is 0 Å². The number of nitrogens with one attached hydrogen (secondary N) is 1. The maximum absolute atomic E-state index is 6.26. The van der Waals surface area contributed by atoms with Crippen LogP contribution >= 0.6 is 0 Å². The van der Waals surface area contributed by atoms with E-state index >= 15 is 0 Å². The molecule has 94 valence electrons. The highest BCUT2D eigenvalue weighted by atomic mass is 16.5. The largest absolute Gasteiger partial charge is 0.352 e. The van der Waals surface area contributed by atoms with Crippen molar-refractivity contribution in [2.24, 2.45) is 0 Å². The van der Waals surface area contributed by atoms with Crippen LogP contribution in [0, 0.1) is 0 Å². The van der Waals surface area contributed by atoms with Gasteiger partial charge in [-0.1, -0.05) is 13.3 Å². The smallest absolute Gasteiger partial charge is 0.132 e. The number of likely N-dealkylation sites (tertiary alicyclic amines) is 1. The Labute approximate surface area is 99.5 Å². The molecule has 0 saturated carbocycles. The van der Waals surface area contributed by atoms with Crippen LogP contribution < -0.4 is 5.32 Å². The molecule has 0 spiro atoms. The van der Waals surface area contributed by atoms with Gasteiger partial charge in [-0.15, -0.1) is 0 Å². The molecule has 2 saturated heterocycles. The van der Waals surface area contributed by atoms with E-state index in [1.807, 2.05) is 0 Å². The minimum absolute atomic E-state index is 0.0222. The fourth-order valence-corrected chi connectivity index (χ4v) is 3.21. The first-order valence-corrected chi connectivity index (χ1v) is 6.66. The predicted octanol–water partition coefficient (Wildman–Crippen LogP) is 1.98. The molecule has 2 rings (SSSR count). The van der Waals surface area contributed by atoms with Gasteiger partial charge in [0.1, 0.15) is 5.72 Å². The van der Waals surface area contributed by atoms with Gasteiger partial charge in [-0.25, -0.2) is 0 Å². The SMILES string of the molecule is CCN1CCCCC1C1(C)NCC(C)(C)O1. The van der Waals surface area contributed by atoms with Crippen molar-refractivity contribution in [2.75, 3.05) is 19.6 Å². The fourth-order valence-electron chi connectivity index (χ4n) is 3.21. The summed E-state index contributed by atoms with van der Waals surface area (Å²) in [6.07, 6.45) is 3.93. The molecule has 0 aliphatic carbocycles. The maximum Gasteiger partial charge on any atom is 0.132 e. The summed E-state index contributed by atoms with van der Waals surface area (Å²) in [6.45, 7) is 12.1. The topological polar surface area (TPSA) is 24.5 Å². The molecule has 2 aliphatic rings. The van der Waals surface area contributed by atoms with Crippen molar-refractivity contribution in [1.29, 1.82) is 0 Å². The quantitative estimate of drug-likeness (QED) is 0.779. The van der Waals surface area contributed by atoms with E-state index in [9.17, 15) is 0 Å². The summed E-state index contributed by atoms with van der Waals surface area (Å²) in [5.74, 6) is 0. The van der Waals surface area contributed by atoms with E-state index < -0.39 is 0 Å². The van der Waals surface area contributed by atoms with E-state index in [1.54, 1.807) is 0 Å². The van der Waals surface area contributed by atoms with Crippen LogP contribution in [0.1, 0.15) is 47.0 Å². The Kier molecular flexibility index (Phi) is 3.30. The number of nitrogens with zero attached hydrogens (tertiary/aromatic N) is 1. The molecule has 0 amide bonds. The van der Waals surface area contributed by atoms with Gasteiger partial charge in [0, 0.05) is 6.54 Å². The molecule has 2 heterocycles. The van der Waals surface area contributed by atoms with Gasteiger partial charge in [0.05, 0.1) is 11.6 Å². The first-order chi connectivity index (χ1) is 7.47. The third-order valence-corrected chi connectivity index (χ3v) is 4.01. The highest BCUT2D eigenvalue weighted by molar-refractivity contribution is 4.99. The number of hydrogen-bond donors (Lipinski definition) is 1. The van der Waals surface area contributed by atoms with Crippen LogP contribution in [0.3, 0.4) is 0 Å². The maximum atomic E-state index is 6.26. The first kappa shape index (κ1) is 12.3. The molecule has 2 fully saturated rings. The zero-order chi connectivity index (χ0) is 11.8. The van der Waals surface area contributed by atoms with Crippen LogP contribution in [0.4, 0.5) is 0 Å². The minimum atomic E-state index is -0.153. The van der Waals surface area contributed by atoms with Gasteiger partial charge >= 0.3 is 0 Å². The van der Waals surface area contributed by atoms with Crippen LogP contribution in [0.25, 0.3) is 0 Å². The summed E-state index contributed by atoms with van der Waals surface area (Å²) in [5.41, 5.74) is -0.175. The molecule has 3 nitrogen and oxygen atoms in total. The van der Waals surface area contributed by atoms with Gasteiger partial charge in [-0.3, -0.25) is 10.2 Å². The molecule has 0 aromatic rings. The van der Waals surface area contributed by atoms with E-state index in [-0.39, 0.29) is 11.3 Å². The fraction of sp³-hybridized carbons (Fsp3) is 1.00. The Hall–Kier alpha value is -0.120. The van der Waals surface area contributed by atoms with E-state index in [0.717, 1.165) is 13.1 Å².